The van der Waals surface area contributed by atoms with Crippen LogP contribution in [-0.4, -0.2) is 21.0 Å². The summed E-state index contributed by atoms with van der Waals surface area (Å²) in [6, 6.07) is 6.38. The van der Waals surface area contributed by atoms with Gasteiger partial charge in [-0.1, -0.05) is 11.8 Å². The Bertz CT molecular complexity index is 546. The van der Waals surface area contributed by atoms with E-state index < -0.39 is 5.97 Å². The van der Waals surface area contributed by atoms with Crippen molar-refractivity contribution in [2.24, 2.45) is 0 Å². The van der Waals surface area contributed by atoms with Gasteiger partial charge in [0.15, 0.2) is 0 Å². The van der Waals surface area contributed by atoms with E-state index in [1.807, 2.05) is 0 Å². The average Bonchev–Trinajstić information content (AvgIpc) is 2.30. The molecule has 17 heavy (non-hydrogen) atoms. The van der Waals surface area contributed by atoms with Gasteiger partial charge in [0.25, 0.3) is 0 Å². The maximum Gasteiger partial charge on any atom is 0.336 e. The number of nitrogen functional groups attached to an aromatic ring is 1. The number of hydrogen-bond acceptors (Lipinski definition) is 5. The molecule has 0 radical (unpaired) electrons. The molecule has 6 heteroatoms. The highest BCUT2D eigenvalue weighted by Crippen LogP contribution is 2.30. The molecule has 0 aliphatic rings. The van der Waals surface area contributed by atoms with Gasteiger partial charge in [-0.3, -0.25) is 0 Å². The molecule has 0 saturated heterocycles. The second-order valence-electron chi connectivity index (χ2n) is 3.21. The van der Waals surface area contributed by atoms with E-state index in [4.69, 9.17) is 10.8 Å². The van der Waals surface area contributed by atoms with Crippen molar-refractivity contribution in [3.63, 3.8) is 0 Å². The van der Waals surface area contributed by atoms with Gasteiger partial charge in [-0.15, -0.1) is 0 Å². The fourth-order valence-electron chi connectivity index (χ4n) is 1.25. The molecule has 86 valence electrons. The standard InChI is InChI=1S/C11H9N3O2S/c12-7-1-2-8(11(15)16)9(5-7)17-10-3-4-13-6-14-10/h1-6H,12H2,(H,15,16). The first-order chi connectivity index (χ1) is 8.16. The first kappa shape index (κ1) is 11.4. The van der Waals surface area contributed by atoms with Crippen LogP contribution in [0.1, 0.15) is 10.4 Å². The molecule has 0 aliphatic carbocycles. The van der Waals surface area contributed by atoms with Crippen LogP contribution in [-0.2, 0) is 0 Å². The molecule has 0 unspecified atom stereocenters. The third-order valence-electron chi connectivity index (χ3n) is 2.01. The number of hydrogen-bond donors (Lipinski definition) is 2. The molecule has 3 N–H and O–H groups in total. The number of aromatic nitrogens is 2. The first-order valence-corrected chi connectivity index (χ1v) is 5.55. The third kappa shape index (κ3) is 2.73. The van der Waals surface area contributed by atoms with Gasteiger partial charge in [-0.2, -0.15) is 0 Å². The Morgan fingerprint density at radius 2 is 2.18 bits per heavy atom. The minimum atomic E-state index is -0.985. The van der Waals surface area contributed by atoms with E-state index >= 15 is 0 Å². The molecule has 0 aliphatic heterocycles. The third-order valence-corrected chi connectivity index (χ3v) is 3.01. The van der Waals surface area contributed by atoms with E-state index in [1.54, 1.807) is 24.4 Å². The number of anilines is 1. The lowest BCUT2D eigenvalue weighted by atomic mass is 10.2. The van der Waals surface area contributed by atoms with Crippen molar-refractivity contribution in [1.29, 1.82) is 0 Å². The number of carboxylic acid groups (broad SMARTS) is 1. The summed E-state index contributed by atoms with van der Waals surface area (Å²) < 4.78 is 0. The summed E-state index contributed by atoms with van der Waals surface area (Å²) in [4.78, 5) is 19.4. The van der Waals surface area contributed by atoms with Crippen LogP contribution in [0.3, 0.4) is 0 Å². The van der Waals surface area contributed by atoms with Gasteiger partial charge < -0.3 is 10.8 Å². The zero-order valence-electron chi connectivity index (χ0n) is 8.70. The molecule has 5 nitrogen and oxygen atoms in total. The second kappa shape index (κ2) is 4.84. The summed E-state index contributed by atoms with van der Waals surface area (Å²) in [6.45, 7) is 0. The zero-order valence-corrected chi connectivity index (χ0v) is 9.52. The van der Waals surface area contributed by atoms with Crippen molar-refractivity contribution in [2.45, 2.75) is 9.92 Å². The predicted molar refractivity (Wildman–Crippen MR) is 64.0 cm³/mol. The Kier molecular flexibility index (Phi) is 3.24. The van der Waals surface area contributed by atoms with E-state index in [-0.39, 0.29) is 5.56 Å². The topological polar surface area (TPSA) is 89.1 Å². The molecule has 1 aromatic heterocycles. The van der Waals surface area contributed by atoms with Gasteiger partial charge in [-0.05, 0) is 24.3 Å². The molecular weight excluding hydrogens is 238 g/mol. The second-order valence-corrected chi connectivity index (χ2v) is 4.27. The number of carboxylic acids is 1. The van der Waals surface area contributed by atoms with Crippen molar-refractivity contribution in [2.75, 3.05) is 5.73 Å². The van der Waals surface area contributed by atoms with Crippen LogP contribution >= 0.6 is 11.8 Å². The largest absolute Gasteiger partial charge is 0.478 e. The zero-order chi connectivity index (χ0) is 12.3. The Balaban J connectivity index is 2.37. The molecule has 0 saturated carbocycles. The summed E-state index contributed by atoms with van der Waals surface area (Å²) >= 11 is 1.24. The highest BCUT2D eigenvalue weighted by atomic mass is 32.2. The van der Waals surface area contributed by atoms with Gasteiger partial charge >= 0.3 is 5.97 Å². The van der Waals surface area contributed by atoms with Crippen LogP contribution in [0.4, 0.5) is 5.69 Å². The lowest BCUT2D eigenvalue weighted by Gasteiger charge is -2.05. The summed E-state index contributed by atoms with van der Waals surface area (Å²) in [5.74, 6) is -0.985. The van der Waals surface area contributed by atoms with E-state index in [2.05, 4.69) is 9.97 Å². The number of benzene rings is 1. The van der Waals surface area contributed by atoms with Gasteiger partial charge in [0, 0.05) is 16.8 Å². The van der Waals surface area contributed by atoms with Crippen LogP contribution in [0.25, 0.3) is 0 Å². The molecule has 0 amide bonds. The smallest absolute Gasteiger partial charge is 0.336 e. The summed E-state index contributed by atoms with van der Waals surface area (Å²) in [6.07, 6.45) is 3.01. The van der Waals surface area contributed by atoms with Crippen molar-refractivity contribution in [1.82, 2.24) is 9.97 Å². The van der Waals surface area contributed by atoms with E-state index in [1.165, 1.54) is 24.2 Å². The fraction of sp³-hybridized carbons (Fsp3) is 0. The summed E-state index contributed by atoms with van der Waals surface area (Å²) in [7, 11) is 0. The SMILES string of the molecule is Nc1ccc(C(=O)O)c(Sc2ccncn2)c1. The van der Waals surface area contributed by atoms with Crippen molar-refractivity contribution < 1.29 is 9.90 Å². The Morgan fingerprint density at radius 3 is 2.82 bits per heavy atom. The molecule has 0 fully saturated rings. The summed E-state index contributed by atoms with van der Waals surface area (Å²) in [5.41, 5.74) is 6.37. The van der Waals surface area contributed by atoms with Gasteiger partial charge in [0.1, 0.15) is 11.4 Å². The molecule has 2 rings (SSSR count). The molecule has 0 spiro atoms. The molecule has 0 atom stereocenters. The highest BCUT2D eigenvalue weighted by Gasteiger charge is 2.11. The first-order valence-electron chi connectivity index (χ1n) is 4.73. The minimum Gasteiger partial charge on any atom is -0.478 e. The van der Waals surface area contributed by atoms with Crippen LogP contribution < -0.4 is 5.73 Å². The van der Waals surface area contributed by atoms with Gasteiger partial charge in [0.05, 0.1) is 5.56 Å². The van der Waals surface area contributed by atoms with Crippen LogP contribution in [0.5, 0.6) is 0 Å². The van der Waals surface area contributed by atoms with Gasteiger partial charge in [0.2, 0.25) is 0 Å². The molecule has 1 heterocycles. The van der Waals surface area contributed by atoms with Crippen molar-refractivity contribution >= 4 is 23.4 Å². The molecule has 0 bridgehead atoms. The lowest BCUT2D eigenvalue weighted by Crippen LogP contribution is -2.00. The van der Waals surface area contributed by atoms with Crippen LogP contribution in [0, 0.1) is 0 Å². The van der Waals surface area contributed by atoms with E-state index in [0.29, 0.717) is 15.6 Å². The average molecular weight is 247 g/mol. The van der Waals surface area contributed by atoms with Crippen LogP contribution in [0.2, 0.25) is 0 Å². The lowest BCUT2D eigenvalue weighted by molar-refractivity contribution is 0.0693. The van der Waals surface area contributed by atoms with E-state index in [0.717, 1.165) is 0 Å². The fourth-order valence-corrected chi connectivity index (χ4v) is 2.17. The monoisotopic (exact) mass is 247 g/mol. The number of rotatable bonds is 3. The highest BCUT2D eigenvalue weighted by molar-refractivity contribution is 7.99. The predicted octanol–water partition coefficient (Wildman–Crippen LogP) is 1.91. The molecular formula is C11H9N3O2S. The Labute approximate surface area is 102 Å². The summed E-state index contributed by atoms with van der Waals surface area (Å²) in [5, 5.41) is 9.72. The maximum atomic E-state index is 11.0. The maximum absolute atomic E-state index is 11.0. The van der Waals surface area contributed by atoms with Crippen molar-refractivity contribution in [3.05, 3.63) is 42.4 Å². The molecule has 1 aromatic carbocycles. The molecule has 2 aromatic rings. The van der Waals surface area contributed by atoms with E-state index in [9.17, 15) is 4.79 Å². The number of aromatic carboxylic acids is 1. The number of nitrogens with two attached hydrogens (primary N) is 1. The Hall–Kier alpha value is -2.08. The minimum absolute atomic E-state index is 0.211. The van der Waals surface area contributed by atoms with Crippen LogP contribution in [0.15, 0.2) is 46.7 Å². The quantitative estimate of drug-likeness (QED) is 0.636. The van der Waals surface area contributed by atoms with Gasteiger partial charge in [-0.25, -0.2) is 14.8 Å². The number of nitrogens with zero attached hydrogens (tertiary/aromatic N) is 2. The van der Waals surface area contributed by atoms with Crippen molar-refractivity contribution in [3.8, 4) is 0 Å². The Morgan fingerprint density at radius 1 is 1.35 bits per heavy atom. The number of carbonyl (C=O) groups is 1. The normalized spacial score (nSPS) is 10.1.